The molecule has 0 aliphatic rings. The Kier molecular flexibility index (Phi) is 6.97. The number of amides is 2. The summed E-state index contributed by atoms with van der Waals surface area (Å²) in [7, 11) is 0. The molecule has 0 unspecified atom stereocenters. The Morgan fingerprint density at radius 3 is 2.42 bits per heavy atom. The number of hydrogen-bond donors (Lipinski definition) is 3. The molecule has 0 atom stereocenters. The molecule has 0 bridgehead atoms. The van der Waals surface area contributed by atoms with E-state index in [1.165, 1.54) is 36.0 Å². The molecule has 0 aromatic heterocycles. The van der Waals surface area contributed by atoms with Crippen LogP contribution in [0.15, 0.2) is 54.6 Å². The van der Waals surface area contributed by atoms with Crippen LogP contribution in [0, 0.1) is 0 Å². The van der Waals surface area contributed by atoms with Crippen LogP contribution in [0.25, 0.3) is 0 Å². The second-order valence-electron chi connectivity index (χ2n) is 4.76. The van der Waals surface area contributed by atoms with Gasteiger partial charge in [0.25, 0.3) is 5.91 Å². The van der Waals surface area contributed by atoms with Crippen molar-refractivity contribution in [2.75, 3.05) is 18.1 Å². The topological polar surface area (TPSA) is 87.7 Å². The minimum absolute atomic E-state index is 0.0738. The molecule has 2 aromatic rings. The van der Waals surface area contributed by atoms with E-state index in [0.717, 1.165) is 5.75 Å². The first kappa shape index (κ1) is 17.7. The molecule has 2 aromatic carbocycles. The summed E-state index contributed by atoms with van der Waals surface area (Å²) < 4.78 is 5.51. The number of carbonyl (C=O) groups excluding carboxylic acids is 2. The largest absolute Gasteiger partial charge is 0.508 e. The predicted octanol–water partition coefficient (Wildman–Crippen LogP) is 1.97. The van der Waals surface area contributed by atoms with Crippen molar-refractivity contribution in [1.29, 1.82) is 0 Å². The number of ether oxygens (including phenoxy) is 1. The van der Waals surface area contributed by atoms with E-state index in [1.54, 1.807) is 0 Å². The molecule has 2 rings (SSSR count). The van der Waals surface area contributed by atoms with E-state index in [0.29, 0.717) is 17.9 Å². The third-order valence-corrected chi connectivity index (χ3v) is 3.84. The van der Waals surface area contributed by atoms with E-state index < -0.39 is 5.91 Å². The number of phenols is 1. The van der Waals surface area contributed by atoms with Gasteiger partial charge in [-0.2, -0.15) is 0 Å². The number of nitrogens with one attached hydrogen (secondary N) is 2. The van der Waals surface area contributed by atoms with Crippen molar-refractivity contribution in [2.45, 2.75) is 0 Å². The molecule has 0 aliphatic carbocycles. The van der Waals surface area contributed by atoms with Gasteiger partial charge >= 0.3 is 0 Å². The number of carbonyl (C=O) groups is 2. The van der Waals surface area contributed by atoms with Crippen molar-refractivity contribution >= 4 is 23.6 Å². The van der Waals surface area contributed by atoms with E-state index in [4.69, 9.17) is 9.84 Å². The smallest absolute Gasteiger partial charge is 0.269 e. The number of benzene rings is 2. The molecular formula is C17H18N2O4S. The first-order valence-electron chi connectivity index (χ1n) is 7.29. The molecule has 0 radical (unpaired) electrons. The number of hydrogen-bond acceptors (Lipinski definition) is 5. The minimum Gasteiger partial charge on any atom is -0.508 e. The molecular weight excluding hydrogens is 328 g/mol. The quantitative estimate of drug-likeness (QED) is 0.527. The third-order valence-electron chi connectivity index (χ3n) is 2.92. The van der Waals surface area contributed by atoms with E-state index in [-0.39, 0.29) is 17.4 Å². The van der Waals surface area contributed by atoms with Crippen LogP contribution < -0.4 is 15.6 Å². The molecule has 24 heavy (non-hydrogen) atoms. The highest BCUT2D eigenvalue weighted by Gasteiger charge is 2.07. The Hall–Kier alpha value is -2.67. The highest BCUT2D eigenvalue weighted by Crippen LogP contribution is 2.10. The maximum Gasteiger partial charge on any atom is 0.269 e. The summed E-state index contributed by atoms with van der Waals surface area (Å²) >= 11 is 1.41. The van der Waals surface area contributed by atoms with Gasteiger partial charge in [-0.15, -0.1) is 11.8 Å². The van der Waals surface area contributed by atoms with Crippen LogP contribution in [0.1, 0.15) is 10.4 Å². The average molecular weight is 346 g/mol. The maximum absolute atomic E-state index is 11.8. The van der Waals surface area contributed by atoms with E-state index in [1.807, 2.05) is 30.3 Å². The fourth-order valence-electron chi connectivity index (χ4n) is 1.75. The molecule has 2 amide bonds. The summed E-state index contributed by atoms with van der Waals surface area (Å²) in [5, 5.41) is 9.16. The molecule has 0 heterocycles. The number of thioether (sulfide) groups is 1. The molecule has 3 N–H and O–H groups in total. The second kappa shape index (κ2) is 9.46. The molecule has 0 spiro atoms. The number of aromatic hydroxyl groups is 1. The van der Waals surface area contributed by atoms with Gasteiger partial charge in [-0.3, -0.25) is 20.4 Å². The zero-order valence-corrected chi connectivity index (χ0v) is 13.7. The molecule has 6 nitrogen and oxygen atoms in total. The molecule has 7 heteroatoms. The first-order chi connectivity index (χ1) is 11.6. The van der Waals surface area contributed by atoms with Gasteiger partial charge in [0.2, 0.25) is 5.91 Å². The fraction of sp³-hybridized carbons (Fsp3) is 0.176. The Morgan fingerprint density at radius 2 is 1.71 bits per heavy atom. The summed E-state index contributed by atoms with van der Waals surface area (Å²) in [6.07, 6.45) is 0. The van der Waals surface area contributed by atoms with Crippen LogP contribution in [0.2, 0.25) is 0 Å². The lowest BCUT2D eigenvalue weighted by Crippen LogP contribution is -2.42. The van der Waals surface area contributed by atoms with Gasteiger partial charge in [0.15, 0.2) is 0 Å². The first-order valence-corrected chi connectivity index (χ1v) is 8.44. The van der Waals surface area contributed by atoms with Gasteiger partial charge in [0.05, 0.1) is 12.4 Å². The minimum atomic E-state index is -0.444. The second-order valence-corrected chi connectivity index (χ2v) is 5.87. The van der Waals surface area contributed by atoms with Crippen LogP contribution in [0.3, 0.4) is 0 Å². The van der Waals surface area contributed by atoms with Crippen LogP contribution in [-0.4, -0.2) is 35.0 Å². The van der Waals surface area contributed by atoms with Crippen LogP contribution >= 0.6 is 11.8 Å². The van der Waals surface area contributed by atoms with Gasteiger partial charge in [-0.1, -0.05) is 18.2 Å². The van der Waals surface area contributed by atoms with E-state index in [9.17, 15) is 9.59 Å². The third kappa shape index (κ3) is 6.21. The Labute approximate surface area is 144 Å². The van der Waals surface area contributed by atoms with Crippen LogP contribution in [-0.2, 0) is 4.79 Å². The highest BCUT2D eigenvalue weighted by molar-refractivity contribution is 7.99. The lowest BCUT2D eigenvalue weighted by Gasteiger charge is -2.08. The van der Waals surface area contributed by atoms with E-state index in [2.05, 4.69) is 10.9 Å². The molecule has 126 valence electrons. The Morgan fingerprint density at radius 1 is 1.00 bits per heavy atom. The van der Waals surface area contributed by atoms with Crippen molar-refractivity contribution < 1.29 is 19.4 Å². The zero-order valence-electron chi connectivity index (χ0n) is 12.9. The van der Waals surface area contributed by atoms with Gasteiger partial charge in [0, 0.05) is 11.3 Å². The molecule has 0 aliphatic heterocycles. The highest BCUT2D eigenvalue weighted by atomic mass is 32.2. The average Bonchev–Trinajstić information content (AvgIpc) is 2.61. The van der Waals surface area contributed by atoms with E-state index >= 15 is 0 Å². The summed E-state index contributed by atoms with van der Waals surface area (Å²) in [4.78, 5) is 23.4. The lowest BCUT2D eigenvalue weighted by molar-refractivity contribution is -0.119. The standard InChI is InChI=1S/C17H18N2O4S/c20-14-8-6-13(7-9-14)17(22)19-18-16(21)12-24-11-10-23-15-4-2-1-3-5-15/h1-9,20H,10-12H2,(H,18,21)(H,19,22). The van der Waals surface area contributed by atoms with Gasteiger partial charge < -0.3 is 9.84 Å². The maximum atomic E-state index is 11.8. The van der Waals surface area contributed by atoms with Gasteiger partial charge in [-0.05, 0) is 36.4 Å². The van der Waals surface area contributed by atoms with Gasteiger partial charge in [-0.25, -0.2) is 0 Å². The summed E-state index contributed by atoms with van der Waals surface area (Å²) in [6, 6.07) is 15.2. The van der Waals surface area contributed by atoms with Crippen molar-refractivity contribution in [1.82, 2.24) is 10.9 Å². The Bertz CT molecular complexity index is 662. The number of rotatable bonds is 7. The van der Waals surface area contributed by atoms with Crippen LogP contribution in [0.5, 0.6) is 11.5 Å². The molecule has 0 saturated heterocycles. The van der Waals surface area contributed by atoms with Crippen molar-refractivity contribution in [3.8, 4) is 11.5 Å². The van der Waals surface area contributed by atoms with Crippen molar-refractivity contribution in [2.24, 2.45) is 0 Å². The van der Waals surface area contributed by atoms with Crippen molar-refractivity contribution in [3.63, 3.8) is 0 Å². The summed E-state index contributed by atoms with van der Waals surface area (Å²) in [6.45, 7) is 0.502. The SMILES string of the molecule is O=C(CSCCOc1ccccc1)NNC(=O)c1ccc(O)cc1. The number of phenolic OH excluding ortho intramolecular Hbond substituents is 1. The monoisotopic (exact) mass is 346 g/mol. The zero-order chi connectivity index (χ0) is 17.2. The Balaban J connectivity index is 1.58. The molecule has 0 saturated carbocycles. The van der Waals surface area contributed by atoms with Gasteiger partial charge in [0.1, 0.15) is 11.5 Å². The number of hydrazine groups is 1. The fourth-order valence-corrected chi connectivity index (χ4v) is 2.35. The van der Waals surface area contributed by atoms with Crippen LogP contribution in [0.4, 0.5) is 0 Å². The normalized spacial score (nSPS) is 10.0. The van der Waals surface area contributed by atoms with Crippen molar-refractivity contribution in [3.05, 3.63) is 60.2 Å². The molecule has 0 fully saturated rings. The summed E-state index contributed by atoms with van der Waals surface area (Å²) in [5.41, 5.74) is 5.01. The summed E-state index contributed by atoms with van der Waals surface area (Å²) in [5.74, 6) is 1.00. The lowest BCUT2D eigenvalue weighted by atomic mass is 10.2. The number of para-hydroxylation sites is 1. The predicted molar refractivity (Wildman–Crippen MR) is 93.0 cm³/mol.